The van der Waals surface area contributed by atoms with Crippen LogP contribution in [0.25, 0.3) is 11.0 Å². The Kier molecular flexibility index (Phi) is 4.92. The van der Waals surface area contributed by atoms with Crippen LogP contribution in [0.2, 0.25) is 23.3 Å². The molecule has 2 saturated heterocycles. The predicted octanol–water partition coefficient (Wildman–Crippen LogP) is 4.56. The predicted molar refractivity (Wildman–Crippen MR) is 110 cm³/mol. The quantitative estimate of drug-likeness (QED) is 0.595. The van der Waals surface area contributed by atoms with Gasteiger partial charge in [0.1, 0.15) is 11.3 Å². The Labute approximate surface area is 166 Å². The van der Waals surface area contributed by atoms with Crippen molar-refractivity contribution in [3.05, 3.63) is 29.0 Å². The van der Waals surface area contributed by atoms with E-state index >= 15 is 0 Å². The monoisotopic (exact) mass is 408 g/mol. The first-order valence-electron chi connectivity index (χ1n) is 9.69. The van der Waals surface area contributed by atoms with Crippen LogP contribution in [0.5, 0.6) is 0 Å². The van der Waals surface area contributed by atoms with E-state index in [-0.39, 0.29) is 23.4 Å². The van der Waals surface area contributed by atoms with Gasteiger partial charge in [-0.15, -0.1) is 0 Å². The van der Waals surface area contributed by atoms with Crippen LogP contribution in [0, 0.1) is 5.92 Å². The van der Waals surface area contributed by atoms with Crippen molar-refractivity contribution in [2.45, 2.75) is 63.6 Å². The average molecular weight is 409 g/mol. The summed E-state index contributed by atoms with van der Waals surface area (Å²) in [6.07, 6.45) is 1.06. The van der Waals surface area contributed by atoms with Gasteiger partial charge in [-0.05, 0) is 42.8 Å². The molecule has 0 radical (unpaired) electrons. The maximum atomic E-state index is 6.59. The summed E-state index contributed by atoms with van der Waals surface area (Å²) in [6, 6.07) is 5.85. The summed E-state index contributed by atoms with van der Waals surface area (Å²) in [5.74, 6) is 0.326. The molecule has 0 saturated carbocycles. The van der Waals surface area contributed by atoms with Gasteiger partial charge in [-0.25, -0.2) is 4.98 Å². The fourth-order valence-electron chi connectivity index (χ4n) is 3.81. The normalized spacial score (nSPS) is 28.8. The minimum atomic E-state index is -1.84. The molecule has 4 rings (SSSR count). The molecule has 2 aliphatic heterocycles. The van der Waals surface area contributed by atoms with Crippen LogP contribution in [0.1, 0.15) is 26.5 Å². The van der Waals surface area contributed by atoms with Crippen LogP contribution < -0.4 is 0 Å². The summed E-state index contributed by atoms with van der Waals surface area (Å²) in [5, 5.41) is 0.698. The lowest BCUT2D eigenvalue weighted by molar-refractivity contribution is 0.0230. The molecule has 0 aliphatic carbocycles. The smallest absolute Gasteiger partial charge is 0.192 e. The summed E-state index contributed by atoms with van der Waals surface area (Å²) in [4.78, 5) is 7.81. The largest absolute Gasteiger partial charge is 0.409 e. The van der Waals surface area contributed by atoms with E-state index in [0.29, 0.717) is 24.3 Å². The number of aromatic nitrogens is 2. The van der Waals surface area contributed by atoms with Crippen molar-refractivity contribution in [3.8, 4) is 0 Å². The van der Waals surface area contributed by atoms with Crippen LogP contribution in [-0.4, -0.2) is 49.8 Å². The van der Waals surface area contributed by atoms with E-state index in [1.165, 1.54) is 0 Å². The van der Waals surface area contributed by atoms with Crippen LogP contribution in [0.3, 0.4) is 0 Å². The van der Waals surface area contributed by atoms with E-state index in [1.54, 1.807) is 0 Å². The van der Waals surface area contributed by atoms with Crippen LogP contribution in [-0.2, 0) is 20.3 Å². The number of fused-ring (bicyclic) bond motifs is 2. The Hall–Kier alpha value is -0.923. The Morgan fingerprint density at radius 1 is 1.22 bits per heavy atom. The molecule has 1 N–H and O–H groups in total. The van der Waals surface area contributed by atoms with Crippen LogP contribution in [0.4, 0.5) is 0 Å². The zero-order valence-electron chi connectivity index (χ0n) is 16.7. The molecule has 4 heterocycles. The minimum absolute atomic E-state index is 0.0427. The second kappa shape index (κ2) is 6.85. The molecule has 2 aromatic heterocycles. The number of nitrogens with zero attached hydrogens (tertiary/aromatic N) is 1. The third-order valence-corrected chi connectivity index (χ3v) is 11.1. The molecule has 27 heavy (non-hydrogen) atoms. The molecule has 4 atom stereocenters. The fourth-order valence-corrected chi connectivity index (χ4v) is 5.27. The van der Waals surface area contributed by atoms with Crippen molar-refractivity contribution in [1.82, 2.24) is 9.97 Å². The number of H-pyrrole nitrogens is 1. The molecule has 2 aliphatic rings. The summed E-state index contributed by atoms with van der Waals surface area (Å²) < 4.78 is 18.9. The van der Waals surface area contributed by atoms with Crippen molar-refractivity contribution in [1.29, 1.82) is 0 Å². The number of rotatable bonds is 4. The lowest BCUT2D eigenvalue weighted by Gasteiger charge is -2.39. The van der Waals surface area contributed by atoms with Gasteiger partial charge >= 0.3 is 0 Å². The number of aromatic amines is 1. The first-order chi connectivity index (χ1) is 12.6. The van der Waals surface area contributed by atoms with Gasteiger partial charge < -0.3 is 18.9 Å². The number of ether oxygens (including phenoxy) is 2. The van der Waals surface area contributed by atoms with Crippen molar-refractivity contribution >= 4 is 31.0 Å². The summed E-state index contributed by atoms with van der Waals surface area (Å²) in [7, 11) is -1.84. The number of hydrogen-bond donors (Lipinski definition) is 1. The molecule has 148 valence electrons. The number of halogens is 1. The number of nitrogens with one attached hydrogen (secondary N) is 1. The Morgan fingerprint density at radius 2 is 1.96 bits per heavy atom. The fraction of sp³-hybridized carbons (Fsp3) is 0.650. The van der Waals surface area contributed by atoms with Crippen LogP contribution in [0.15, 0.2) is 18.2 Å². The third-order valence-electron chi connectivity index (χ3n) is 6.34. The Bertz CT molecular complexity index is 832. The molecule has 7 heteroatoms. The average Bonchev–Trinajstić information content (AvgIpc) is 3.23. The third kappa shape index (κ3) is 3.70. The van der Waals surface area contributed by atoms with Gasteiger partial charge in [0.2, 0.25) is 0 Å². The molecule has 2 aromatic rings. The van der Waals surface area contributed by atoms with E-state index in [1.807, 2.05) is 12.1 Å². The van der Waals surface area contributed by atoms with Gasteiger partial charge in [0.15, 0.2) is 8.32 Å². The van der Waals surface area contributed by atoms with Gasteiger partial charge in [-0.2, -0.15) is 0 Å². The van der Waals surface area contributed by atoms with Gasteiger partial charge in [0.25, 0.3) is 0 Å². The number of hydrogen-bond acceptors (Lipinski definition) is 4. The van der Waals surface area contributed by atoms with E-state index in [4.69, 9.17) is 25.5 Å². The highest BCUT2D eigenvalue weighted by molar-refractivity contribution is 6.74. The molecular formula is C20H29ClN2O3Si. The maximum Gasteiger partial charge on any atom is 0.192 e. The second-order valence-corrected chi connectivity index (χ2v) is 14.5. The topological polar surface area (TPSA) is 56.4 Å². The standard InChI is InChI=1S/C20H29ClN2O3Si/c1-20(2,3)27(4,5)26-16-11-25-18-12(10-24-19(16)18)8-13-9-15-14(22-13)6-7-17(21)23-15/h6-7,9,12,16,18-19,22H,8,10-11H2,1-5H3/t12?,16?,18-,19-/m1/s1. The van der Waals surface area contributed by atoms with E-state index in [0.717, 1.165) is 23.1 Å². The first kappa shape index (κ1) is 19.4. The maximum absolute atomic E-state index is 6.59. The minimum Gasteiger partial charge on any atom is -0.409 e. The zero-order chi connectivity index (χ0) is 19.4. The lowest BCUT2D eigenvalue weighted by atomic mass is 9.96. The SMILES string of the molecule is CC(C)(C)[Si](C)(C)OC1CO[C@@H]2C(Cc3cc4nc(Cl)ccc4[nH]3)CO[C@H]12. The molecule has 2 fully saturated rings. The van der Waals surface area contributed by atoms with Crippen LogP contribution >= 0.6 is 11.6 Å². The zero-order valence-corrected chi connectivity index (χ0v) is 18.5. The summed E-state index contributed by atoms with van der Waals surface area (Å²) in [5.41, 5.74) is 3.06. The molecule has 0 aromatic carbocycles. The molecule has 2 unspecified atom stereocenters. The van der Waals surface area contributed by atoms with Crippen molar-refractivity contribution in [3.63, 3.8) is 0 Å². The molecule has 0 spiro atoms. The van der Waals surface area contributed by atoms with E-state index in [9.17, 15) is 0 Å². The molecule has 0 bridgehead atoms. The summed E-state index contributed by atoms with van der Waals surface area (Å²) in [6.45, 7) is 12.7. The molecule has 5 nitrogen and oxygen atoms in total. The van der Waals surface area contributed by atoms with E-state index in [2.05, 4.69) is 49.9 Å². The molecule has 0 amide bonds. The highest BCUT2D eigenvalue weighted by Crippen LogP contribution is 2.41. The highest BCUT2D eigenvalue weighted by atomic mass is 35.5. The highest BCUT2D eigenvalue weighted by Gasteiger charge is 2.51. The van der Waals surface area contributed by atoms with Gasteiger partial charge in [-0.1, -0.05) is 32.4 Å². The van der Waals surface area contributed by atoms with Gasteiger partial charge in [0, 0.05) is 11.6 Å². The van der Waals surface area contributed by atoms with Crippen molar-refractivity contribution < 1.29 is 13.9 Å². The van der Waals surface area contributed by atoms with Crippen molar-refractivity contribution in [2.75, 3.05) is 13.2 Å². The lowest BCUT2D eigenvalue weighted by Crippen LogP contribution is -2.47. The number of pyridine rings is 1. The Balaban J connectivity index is 1.44. The Morgan fingerprint density at radius 3 is 2.70 bits per heavy atom. The van der Waals surface area contributed by atoms with E-state index < -0.39 is 8.32 Å². The molecular weight excluding hydrogens is 380 g/mol. The first-order valence-corrected chi connectivity index (χ1v) is 13.0. The van der Waals surface area contributed by atoms with Crippen molar-refractivity contribution in [2.24, 2.45) is 5.92 Å². The second-order valence-electron chi connectivity index (χ2n) is 9.34. The summed E-state index contributed by atoms with van der Waals surface area (Å²) >= 11 is 6.00. The van der Waals surface area contributed by atoms with Gasteiger partial charge in [0.05, 0.1) is 36.5 Å². The van der Waals surface area contributed by atoms with Gasteiger partial charge in [-0.3, -0.25) is 0 Å².